The summed E-state index contributed by atoms with van der Waals surface area (Å²) in [5, 5.41) is 4.28. The molecule has 1 aromatic heterocycles. The van der Waals surface area contributed by atoms with Crippen LogP contribution in [0.15, 0.2) is 48.7 Å². The first-order valence-corrected chi connectivity index (χ1v) is 11.3. The number of ether oxygens (including phenoxy) is 1. The monoisotopic (exact) mass is 419 g/mol. The van der Waals surface area contributed by atoms with Crippen LogP contribution in [0.1, 0.15) is 36.0 Å². The topological polar surface area (TPSA) is 57.4 Å². The number of aryl methyl sites for hydroxylation is 1. The number of carbonyl (C=O) groups is 1. The van der Waals surface area contributed by atoms with Crippen molar-refractivity contribution in [2.75, 3.05) is 26.7 Å². The molecule has 2 aromatic carbocycles. The van der Waals surface area contributed by atoms with E-state index in [2.05, 4.69) is 46.4 Å². The third kappa shape index (κ3) is 5.67. The molecular formula is C26H33N3O2. The van der Waals surface area contributed by atoms with Gasteiger partial charge in [-0.25, -0.2) is 0 Å². The summed E-state index contributed by atoms with van der Waals surface area (Å²) in [7, 11) is 1.68. The predicted octanol–water partition coefficient (Wildman–Crippen LogP) is 4.45. The minimum absolute atomic E-state index is 0.175. The number of aromatic nitrogens is 1. The Morgan fingerprint density at radius 1 is 1.16 bits per heavy atom. The minimum atomic E-state index is 0.175. The molecule has 5 nitrogen and oxygen atoms in total. The quantitative estimate of drug-likeness (QED) is 0.567. The molecule has 4 rings (SSSR count). The van der Waals surface area contributed by atoms with E-state index in [1.165, 1.54) is 16.7 Å². The smallest absolute Gasteiger partial charge is 0.220 e. The fraction of sp³-hybridized carbons (Fsp3) is 0.423. The van der Waals surface area contributed by atoms with Crippen LogP contribution in [0.25, 0.3) is 10.9 Å². The Labute approximate surface area is 184 Å². The lowest BCUT2D eigenvalue weighted by Gasteiger charge is -2.31. The van der Waals surface area contributed by atoms with Crippen LogP contribution < -0.4 is 10.1 Å². The second kappa shape index (κ2) is 10.0. The molecule has 0 aliphatic carbocycles. The Bertz CT molecular complexity index is 1000. The number of rotatable bonds is 8. The number of hydrogen-bond donors (Lipinski definition) is 2. The molecule has 2 heterocycles. The van der Waals surface area contributed by atoms with Crippen molar-refractivity contribution in [1.29, 1.82) is 0 Å². The highest BCUT2D eigenvalue weighted by Gasteiger charge is 2.21. The van der Waals surface area contributed by atoms with Gasteiger partial charge in [0.05, 0.1) is 7.11 Å². The average Bonchev–Trinajstić information content (AvgIpc) is 3.19. The van der Waals surface area contributed by atoms with E-state index in [0.29, 0.717) is 18.9 Å². The normalized spacial score (nSPS) is 15.3. The van der Waals surface area contributed by atoms with Crippen LogP contribution in [0.4, 0.5) is 0 Å². The fourth-order valence-corrected chi connectivity index (χ4v) is 4.46. The molecule has 0 radical (unpaired) electrons. The lowest BCUT2D eigenvalue weighted by atomic mass is 9.93. The van der Waals surface area contributed by atoms with Crippen LogP contribution >= 0.6 is 0 Å². The van der Waals surface area contributed by atoms with Crippen molar-refractivity contribution in [2.45, 2.75) is 39.2 Å². The summed E-state index contributed by atoms with van der Waals surface area (Å²) >= 11 is 0. The van der Waals surface area contributed by atoms with E-state index in [1.807, 2.05) is 24.4 Å². The first kappa shape index (κ1) is 21.4. The van der Waals surface area contributed by atoms with Crippen LogP contribution in [0, 0.1) is 12.8 Å². The van der Waals surface area contributed by atoms with Gasteiger partial charge in [-0.2, -0.15) is 0 Å². The molecule has 1 aliphatic heterocycles. The molecule has 0 saturated carbocycles. The molecule has 31 heavy (non-hydrogen) atoms. The van der Waals surface area contributed by atoms with Crippen LogP contribution in [0.3, 0.4) is 0 Å². The number of carbonyl (C=O) groups excluding carboxylic acids is 1. The number of H-pyrrole nitrogens is 1. The van der Waals surface area contributed by atoms with Crippen molar-refractivity contribution in [3.8, 4) is 5.75 Å². The number of hydrogen-bond acceptors (Lipinski definition) is 3. The summed E-state index contributed by atoms with van der Waals surface area (Å²) in [6, 6.07) is 14.8. The third-order valence-electron chi connectivity index (χ3n) is 6.40. The van der Waals surface area contributed by atoms with Crippen LogP contribution in [-0.4, -0.2) is 42.5 Å². The summed E-state index contributed by atoms with van der Waals surface area (Å²) in [6.07, 6.45) is 5.68. The van der Waals surface area contributed by atoms with Crippen LogP contribution in [0.5, 0.6) is 5.75 Å². The van der Waals surface area contributed by atoms with Crippen LogP contribution in [-0.2, 0) is 17.8 Å². The lowest BCUT2D eigenvalue weighted by Crippen LogP contribution is -2.35. The standard InChI is InChI=1S/C26H33N3O2/c1-19-3-5-21(6-4-19)18-29-13-10-20(11-14-29)15-26(30)27-12-9-22-17-28-25-8-7-23(31-2)16-24(22)25/h3-8,16-17,20,28H,9-15,18H2,1-2H3,(H,27,30). The van der Waals surface area contributed by atoms with E-state index >= 15 is 0 Å². The predicted molar refractivity (Wildman–Crippen MR) is 125 cm³/mol. The molecular weight excluding hydrogens is 386 g/mol. The van der Waals surface area contributed by atoms with Gasteiger partial charge < -0.3 is 15.0 Å². The van der Waals surface area contributed by atoms with E-state index in [4.69, 9.17) is 4.74 Å². The van der Waals surface area contributed by atoms with Gasteiger partial charge in [-0.3, -0.25) is 9.69 Å². The van der Waals surface area contributed by atoms with Gasteiger partial charge >= 0.3 is 0 Å². The molecule has 5 heteroatoms. The van der Waals surface area contributed by atoms with Crippen LogP contribution in [0.2, 0.25) is 0 Å². The SMILES string of the molecule is COc1ccc2[nH]cc(CCNC(=O)CC3CCN(Cc4ccc(C)cc4)CC3)c2c1. The molecule has 0 atom stereocenters. The maximum atomic E-state index is 12.5. The minimum Gasteiger partial charge on any atom is -0.497 e. The molecule has 1 saturated heterocycles. The van der Waals surface area contributed by atoms with Gasteiger partial charge in [0.15, 0.2) is 0 Å². The summed E-state index contributed by atoms with van der Waals surface area (Å²) in [6.45, 7) is 5.94. The highest BCUT2D eigenvalue weighted by molar-refractivity contribution is 5.84. The largest absolute Gasteiger partial charge is 0.497 e. The molecule has 1 aliphatic rings. The average molecular weight is 420 g/mol. The van der Waals surface area contributed by atoms with Gasteiger partial charge in [-0.15, -0.1) is 0 Å². The Morgan fingerprint density at radius 2 is 1.94 bits per heavy atom. The number of likely N-dealkylation sites (tertiary alicyclic amines) is 1. The van der Waals surface area contributed by atoms with Gasteiger partial charge in [0.1, 0.15) is 5.75 Å². The van der Waals surface area contributed by atoms with Gasteiger partial charge in [-0.1, -0.05) is 29.8 Å². The second-order valence-electron chi connectivity index (χ2n) is 8.73. The number of benzene rings is 2. The van der Waals surface area contributed by atoms with Gasteiger partial charge in [0.25, 0.3) is 0 Å². The molecule has 0 bridgehead atoms. The Hall–Kier alpha value is -2.79. The summed E-state index contributed by atoms with van der Waals surface area (Å²) in [5.74, 6) is 1.52. The number of aromatic amines is 1. The van der Waals surface area contributed by atoms with Gasteiger partial charge in [0, 0.05) is 36.6 Å². The zero-order valence-electron chi connectivity index (χ0n) is 18.6. The molecule has 1 fully saturated rings. The zero-order valence-corrected chi connectivity index (χ0v) is 18.6. The number of amides is 1. The number of fused-ring (bicyclic) bond motifs is 1. The van der Waals surface area contributed by atoms with Crippen molar-refractivity contribution in [3.05, 3.63) is 65.4 Å². The maximum absolute atomic E-state index is 12.5. The number of nitrogens with zero attached hydrogens (tertiary/aromatic N) is 1. The zero-order chi connectivity index (χ0) is 21.6. The van der Waals surface area contributed by atoms with Crippen molar-refractivity contribution < 1.29 is 9.53 Å². The number of nitrogens with one attached hydrogen (secondary N) is 2. The molecule has 2 N–H and O–H groups in total. The highest BCUT2D eigenvalue weighted by atomic mass is 16.5. The van der Waals surface area contributed by atoms with Crippen molar-refractivity contribution in [1.82, 2.24) is 15.2 Å². The van der Waals surface area contributed by atoms with E-state index in [1.54, 1.807) is 7.11 Å². The fourth-order valence-electron chi connectivity index (χ4n) is 4.46. The molecule has 3 aromatic rings. The Balaban J connectivity index is 1.18. The number of methoxy groups -OCH3 is 1. The first-order valence-electron chi connectivity index (χ1n) is 11.3. The maximum Gasteiger partial charge on any atom is 0.220 e. The molecule has 0 unspecified atom stereocenters. The van der Waals surface area contributed by atoms with Crippen molar-refractivity contribution >= 4 is 16.8 Å². The Morgan fingerprint density at radius 3 is 2.68 bits per heavy atom. The van der Waals surface area contributed by atoms with E-state index in [9.17, 15) is 4.79 Å². The molecule has 0 spiro atoms. The first-order chi connectivity index (χ1) is 15.1. The Kier molecular flexibility index (Phi) is 6.92. The second-order valence-corrected chi connectivity index (χ2v) is 8.73. The van der Waals surface area contributed by atoms with Gasteiger partial charge in [0.2, 0.25) is 5.91 Å². The van der Waals surface area contributed by atoms with E-state index in [-0.39, 0.29) is 5.91 Å². The molecule has 1 amide bonds. The number of piperidine rings is 1. The van der Waals surface area contributed by atoms with Crippen molar-refractivity contribution in [2.24, 2.45) is 5.92 Å². The highest BCUT2D eigenvalue weighted by Crippen LogP contribution is 2.24. The lowest BCUT2D eigenvalue weighted by molar-refractivity contribution is -0.122. The summed E-state index contributed by atoms with van der Waals surface area (Å²) in [5.41, 5.74) is 4.98. The summed E-state index contributed by atoms with van der Waals surface area (Å²) < 4.78 is 5.33. The van der Waals surface area contributed by atoms with Gasteiger partial charge in [-0.05, 0) is 74.5 Å². The van der Waals surface area contributed by atoms with Crippen molar-refractivity contribution in [3.63, 3.8) is 0 Å². The van der Waals surface area contributed by atoms with E-state index < -0.39 is 0 Å². The third-order valence-corrected chi connectivity index (χ3v) is 6.40. The van der Waals surface area contributed by atoms with E-state index in [0.717, 1.165) is 55.5 Å². The summed E-state index contributed by atoms with van der Waals surface area (Å²) in [4.78, 5) is 18.3. The molecule has 164 valence electrons.